The zero-order chi connectivity index (χ0) is 42.5. The molecule has 1 aromatic carbocycles. The van der Waals surface area contributed by atoms with Crippen molar-refractivity contribution in [2.24, 2.45) is 68.0 Å². The minimum absolute atomic E-state index is 0.0149. The van der Waals surface area contributed by atoms with Crippen molar-refractivity contribution < 1.29 is 38.8 Å². The zero-order valence-corrected chi connectivity index (χ0v) is 37.5. The Hall–Kier alpha value is -2.75. The van der Waals surface area contributed by atoms with Crippen molar-refractivity contribution >= 4 is 17.7 Å². The maximum atomic E-state index is 14.2. The molecular formula is C50H73NO8. The molecule has 1 aliphatic heterocycles. The van der Waals surface area contributed by atoms with Crippen LogP contribution in [-0.2, 0) is 30.4 Å². The normalized spacial score (nSPS) is 41.3. The smallest absolute Gasteiger partial charge is 0.309 e. The van der Waals surface area contributed by atoms with Crippen LogP contribution in [0.25, 0.3) is 0 Å². The SMILES string of the molecule is CC(C)C1=C2[C@H]3CC[C@@H]4[C@@]5(C)CC[C@H](OC(=O)[C@H]6C[C@@H](C(=O)O)C6(C)C)C(C)(C)[C@@H]5CC[C@@]4(C)[C@]3(C)CC[C@@]2([C@@H](O)CNCc2ccc(O[C@@H]3CCOC3)cc2)CC1=O. The fourth-order valence-corrected chi connectivity index (χ4v) is 15.3. The number of nitrogens with one attached hydrogen (secondary N) is 1. The minimum Gasteiger partial charge on any atom is -0.488 e. The van der Waals surface area contributed by atoms with Crippen molar-refractivity contribution in [1.82, 2.24) is 5.32 Å². The van der Waals surface area contributed by atoms with Crippen LogP contribution in [0.4, 0.5) is 0 Å². The van der Waals surface area contributed by atoms with E-state index in [4.69, 9.17) is 14.2 Å². The van der Waals surface area contributed by atoms with Crippen LogP contribution in [0, 0.1) is 68.0 Å². The van der Waals surface area contributed by atoms with Gasteiger partial charge in [0.1, 0.15) is 18.0 Å². The van der Waals surface area contributed by atoms with Crippen molar-refractivity contribution in [3.8, 4) is 5.75 Å². The summed E-state index contributed by atoms with van der Waals surface area (Å²) >= 11 is 0. The first-order valence-electron chi connectivity index (χ1n) is 23.1. The number of esters is 1. The molecule has 7 aliphatic rings. The van der Waals surface area contributed by atoms with E-state index in [1.54, 1.807) is 0 Å². The number of carbonyl (C=O) groups excluding carboxylic acids is 2. The van der Waals surface area contributed by atoms with Crippen LogP contribution in [0.5, 0.6) is 5.75 Å². The molecule has 8 rings (SSSR count). The molecule has 0 aromatic heterocycles. The number of carbonyl (C=O) groups is 3. The second-order valence-electron chi connectivity index (χ2n) is 22.5. The molecule has 12 atom stereocenters. The third kappa shape index (κ3) is 6.58. The number of hydrogen-bond acceptors (Lipinski definition) is 8. The second kappa shape index (κ2) is 15.0. The van der Waals surface area contributed by atoms with Gasteiger partial charge in [0.25, 0.3) is 0 Å². The van der Waals surface area contributed by atoms with Crippen LogP contribution in [0.15, 0.2) is 35.4 Å². The fraction of sp³-hybridized carbons (Fsp3) is 0.780. The van der Waals surface area contributed by atoms with E-state index in [0.717, 1.165) is 81.3 Å². The van der Waals surface area contributed by atoms with E-state index < -0.39 is 28.8 Å². The summed E-state index contributed by atoms with van der Waals surface area (Å²) in [6, 6.07) is 8.19. The van der Waals surface area contributed by atoms with Crippen molar-refractivity contribution in [1.29, 1.82) is 0 Å². The zero-order valence-electron chi connectivity index (χ0n) is 37.5. The van der Waals surface area contributed by atoms with Gasteiger partial charge in [0.05, 0.1) is 31.2 Å². The van der Waals surface area contributed by atoms with Gasteiger partial charge in [-0.1, -0.05) is 80.0 Å². The third-order valence-corrected chi connectivity index (χ3v) is 19.0. The van der Waals surface area contributed by atoms with Crippen molar-refractivity contribution in [3.05, 3.63) is 41.0 Å². The number of ether oxygens (including phenoxy) is 3. The first kappa shape index (κ1) is 42.9. The van der Waals surface area contributed by atoms with Crippen LogP contribution >= 0.6 is 0 Å². The van der Waals surface area contributed by atoms with E-state index in [0.29, 0.717) is 44.4 Å². The molecule has 1 aromatic rings. The molecule has 9 nitrogen and oxygen atoms in total. The summed E-state index contributed by atoms with van der Waals surface area (Å²) in [5, 5.41) is 25.6. The van der Waals surface area contributed by atoms with Gasteiger partial charge >= 0.3 is 11.9 Å². The topological polar surface area (TPSA) is 131 Å². The third-order valence-electron chi connectivity index (χ3n) is 19.0. The summed E-state index contributed by atoms with van der Waals surface area (Å²) in [7, 11) is 0. The number of Topliss-reactive ketones (excluding diaryl/α,β-unsaturated/α-hetero) is 1. The molecule has 0 spiro atoms. The average Bonchev–Trinajstić information content (AvgIpc) is 3.78. The molecule has 0 radical (unpaired) electrons. The quantitative estimate of drug-likeness (QED) is 0.188. The highest BCUT2D eigenvalue weighted by molar-refractivity contribution is 6.00. The number of aliphatic hydroxyl groups excluding tert-OH is 1. The number of fused-ring (bicyclic) bond motifs is 7. The molecule has 5 saturated carbocycles. The lowest BCUT2D eigenvalue weighted by molar-refractivity contribution is -0.238. The lowest BCUT2D eigenvalue weighted by Crippen LogP contribution is -2.66. The van der Waals surface area contributed by atoms with Gasteiger partial charge in [-0.2, -0.15) is 0 Å². The Morgan fingerprint density at radius 1 is 0.864 bits per heavy atom. The number of aliphatic carboxylic acids is 1. The highest BCUT2D eigenvalue weighted by Gasteiger charge is 2.71. The van der Waals surface area contributed by atoms with Gasteiger partial charge in [0, 0.05) is 36.8 Å². The number of benzene rings is 1. The molecule has 326 valence electrons. The average molecular weight is 816 g/mol. The molecule has 59 heavy (non-hydrogen) atoms. The van der Waals surface area contributed by atoms with Crippen LogP contribution in [-0.4, -0.2) is 66.0 Å². The number of ketones is 1. The number of hydrogen-bond donors (Lipinski definition) is 3. The maximum Gasteiger partial charge on any atom is 0.309 e. The molecule has 0 bridgehead atoms. The Labute approximate surface area is 353 Å². The van der Waals surface area contributed by atoms with E-state index in [9.17, 15) is 24.6 Å². The van der Waals surface area contributed by atoms with Crippen LogP contribution in [0.3, 0.4) is 0 Å². The predicted molar refractivity (Wildman–Crippen MR) is 226 cm³/mol. The first-order chi connectivity index (χ1) is 27.7. The van der Waals surface area contributed by atoms with E-state index in [-0.39, 0.29) is 63.4 Å². The molecule has 3 N–H and O–H groups in total. The Balaban J connectivity index is 0.986. The molecule has 6 aliphatic carbocycles. The van der Waals surface area contributed by atoms with Crippen molar-refractivity contribution in [3.63, 3.8) is 0 Å². The second-order valence-corrected chi connectivity index (χ2v) is 22.5. The van der Waals surface area contributed by atoms with Crippen molar-refractivity contribution in [2.75, 3.05) is 19.8 Å². The number of carboxylic acids is 1. The van der Waals surface area contributed by atoms with Crippen LogP contribution in [0.1, 0.15) is 139 Å². The van der Waals surface area contributed by atoms with Crippen LogP contribution in [0.2, 0.25) is 0 Å². The summed E-state index contributed by atoms with van der Waals surface area (Å²) in [6.45, 7) is 22.9. The van der Waals surface area contributed by atoms with E-state index in [2.05, 4.69) is 65.9 Å². The molecule has 1 heterocycles. The van der Waals surface area contributed by atoms with Gasteiger partial charge in [0.15, 0.2) is 5.78 Å². The standard InChI is InChI=1S/C50H73NO8/c1-29(2)41-36(52)25-50(39(53)27-51-26-30-10-12-31(13-11-30)58-32-18-23-57-28-32)22-21-48(8)33(42(41)50)14-15-38-47(7)19-17-40(46(5,6)37(47)16-20-49(38,48)9)59-44(56)35-24-34(43(54)55)45(35,3)4/h10-13,29,32-35,37-40,51,53H,14-28H2,1-9H3,(H,54,55)/t32-,33-,34+,35-,37+,38-,39+,40+,47+,48-,49-,50+/m1/s1. The van der Waals surface area contributed by atoms with Gasteiger partial charge in [-0.25, -0.2) is 0 Å². The summed E-state index contributed by atoms with van der Waals surface area (Å²) in [5.41, 5.74) is 2.18. The minimum atomic E-state index is -0.829. The Bertz CT molecular complexity index is 1840. The van der Waals surface area contributed by atoms with Crippen LogP contribution < -0.4 is 10.1 Å². The first-order valence-corrected chi connectivity index (χ1v) is 23.1. The van der Waals surface area contributed by atoms with E-state index >= 15 is 0 Å². The lowest BCUT2D eigenvalue weighted by atomic mass is 9.33. The molecule has 0 amide bonds. The number of allylic oxidation sites excluding steroid dienone is 1. The summed E-state index contributed by atoms with van der Waals surface area (Å²) in [6.07, 6.45) is 8.87. The summed E-state index contributed by atoms with van der Waals surface area (Å²) < 4.78 is 17.9. The number of carboxylic acid groups (broad SMARTS) is 1. The van der Waals surface area contributed by atoms with Crippen molar-refractivity contribution in [2.45, 2.75) is 158 Å². The van der Waals surface area contributed by atoms with Gasteiger partial charge in [0.2, 0.25) is 0 Å². The Kier molecular flexibility index (Phi) is 10.9. The highest BCUT2D eigenvalue weighted by Crippen LogP contribution is 2.77. The summed E-state index contributed by atoms with van der Waals surface area (Å²) in [5.74, 6) is 0.389. The largest absolute Gasteiger partial charge is 0.488 e. The maximum absolute atomic E-state index is 14.2. The fourth-order valence-electron chi connectivity index (χ4n) is 15.3. The number of aliphatic hydroxyl groups is 1. The monoisotopic (exact) mass is 816 g/mol. The highest BCUT2D eigenvalue weighted by atomic mass is 16.6. The predicted octanol–water partition coefficient (Wildman–Crippen LogP) is 8.94. The molecule has 6 fully saturated rings. The molecule has 9 heteroatoms. The van der Waals surface area contributed by atoms with Gasteiger partial charge in [-0.3, -0.25) is 14.4 Å². The van der Waals surface area contributed by atoms with Gasteiger partial charge in [-0.05, 0) is 126 Å². The Morgan fingerprint density at radius 3 is 2.24 bits per heavy atom. The lowest BCUT2D eigenvalue weighted by Gasteiger charge is -2.72. The van der Waals surface area contributed by atoms with Gasteiger partial charge < -0.3 is 29.7 Å². The molecular weight excluding hydrogens is 743 g/mol. The number of rotatable bonds is 11. The summed E-state index contributed by atoms with van der Waals surface area (Å²) in [4.78, 5) is 39.6. The van der Waals surface area contributed by atoms with Gasteiger partial charge in [-0.15, -0.1) is 0 Å². The van der Waals surface area contributed by atoms with E-state index in [1.165, 1.54) is 5.57 Å². The molecule has 0 unspecified atom stereocenters. The molecule has 1 saturated heterocycles. The Morgan fingerprint density at radius 2 is 1.59 bits per heavy atom. The van der Waals surface area contributed by atoms with E-state index in [1.807, 2.05) is 26.0 Å².